The van der Waals surface area contributed by atoms with Crippen LogP contribution in [0, 0.1) is 6.92 Å². The molecule has 1 aromatic carbocycles. The van der Waals surface area contributed by atoms with Gasteiger partial charge in [-0.05, 0) is 30.7 Å². The molecule has 0 aliphatic heterocycles. The topological polar surface area (TPSA) is 73.3 Å². The number of ether oxygens (including phenoxy) is 2. The Bertz CT molecular complexity index is 913. The number of fused-ring (bicyclic) bond motifs is 1. The van der Waals surface area contributed by atoms with Crippen molar-refractivity contribution in [2.24, 2.45) is 0 Å². The Morgan fingerprint density at radius 1 is 1.32 bits per heavy atom. The van der Waals surface area contributed by atoms with E-state index in [1.54, 1.807) is 19.2 Å². The van der Waals surface area contributed by atoms with Crippen LogP contribution in [-0.4, -0.2) is 36.3 Å². The first-order chi connectivity index (χ1) is 12.1. The summed E-state index contributed by atoms with van der Waals surface area (Å²) in [6.07, 6.45) is 1.46. The molecule has 0 saturated carbocycles. The van der Waals surface area contributed by atoms with E-state index in [0.29, 0.717) is 22.3 Å². The number of thiophene rings is 1. The van der Waals surface area contributed by atoms with Crippen LogP contribution in [0.5, 0.6) is 0 Å². The van der Waals surface area contributed by atoms with Crippen LogP contribution in [0.4, 0.5) is 11.5 Å². The van der Waals surface area contributed by atoms with Crippen LogP contribution in [0.15, 0.2) is 30.6 Å². The zero-order valence-electron chi connectivity index (χ0n) is 13.7. The van der Waals surface area contributed by atoms with Gasteiger partial charge in [0.1, 0.15) is 28.5 Å². The van der Waals surface area contributed by atoms with Gasteiger partial charge < -0.3 is 14.8 Å². The number of aryl methyl sites for hydroxylation is 1. The predicted octanol–water partition coefficient (Wildman–Crippen LogP) is 4.20. The third-order valence-corrected chi connectivity index (χ3v) is 4.94. The first-order valence-electron chi connectivity index (χ1n) is 7.53. The zero-order valence-corrected chi connectivity index (χ0v) is 15.3. The van der Waals surface area contributed by atoms with Crippen molar-refractivity contribution in [2.45, 2.75) is 6.92 Å². The Balaban J connectivity index is 1.94. The largest absolute Gasteiger partial charge is 0.459 e. The molecule has 25 heavy (non-hydrogen) atoms. The third-order valence-electron chi connectivity index (χ3n) is 3.52. The van der Waals surface area contributed by atoms with Crippen LogP contribution >= 0.6 is 22.9 Å². The van der Waals surface area contributed by atoms with Gasteiger partial charge in [0, 0.05) is 17.8 Å². The van der Waals surface area contributed by atoms with Crippen molar-refractivity contribution in [1.82, 2.24) is 9.97 Å². The van der Waals surface area contributed by atoms with E-state index < -0.39 is 0 Å². The molecule has 0 bridgehead atoms. The minimum atomic E-state index is -0.383. The lowest BCUT2D eigenvalue weighted by Gasteiger charge is -2.07. The number of hydrogen-bond donors (Lipinski definition) is 1. The van der Waals surface area contributed by atoms with E-state index in [0.717, 1.165) is 21.5 Å². The molecule has 3 rings (SSSR count). The number of nitrogens with zero attached hydrogens (tertiary/aromatic N) is 2. The average molecular weight is 378 g/mol. The van der Waals surface area contributed by atoms with Crippen LogP contribution < -0.4 is 5.32 Å². The highest BCUT2D eigenvalue weighted by Gasteiger charge is 2.20. The van der Waals surface area contributed by atoms with E-state index in [9.17, 15) is 4.79 Å². The number of esters is 1. The molecule has 0 fully saturated rings. The Morgan fingerprint density at radius 2 is 2.16 bits per heavy atom. The highest BCUT2D eigenvalue weighted by atomic mass is 35.5. The van der Waals surface area contributed by atoms with Gasteiger partial charge >= 0.3 is 5.97 Å². The number of carbonyl (C=O) groups excluding carboxylic acids is 1. The van der Waals surface area contributed by atoms with Gasteiger partial charge in [0.05, 0.1) is 12.0 Å². The van der Waals surface area contributed by atoms with Crippen LogP contribution in [0.1, 0.15) is 15.2 Å². The summed E-state index contributed by atoms with van der Waals surface area (Å²) in [5, 5.41) is 4.65. The Morgan fingerprint density at radius 3 is 2.92 bits per heavy atom. The van der Waals surface area contributed by atoms with E-state index in [2.05, 4.69) is 15.3 Å². The number of benzene rings is 1. The number of methoxy groups -OCH3 is 1. The number of hydrogen-bond acceptors (Lipinski definition) is 7. The standard InChI is InChI=1S/C17H16ClN3O3S/c1-10-13-15(21-12-5-3-4-11(18)8-12)19-9-20-16(13)25-14(10)17(22)24-7-6-23-2/h3-5,8-9H,6-7H2,1-2H3,(H,19,20,21). The van der Waals surface area contributed by atoms with Crippen LogP contribution in [0.3, 0.4) is 0 Å². The summed E-state index contributed by atoms with van der Waals surface area (Å²) in [6.45, 7) is 2.43. The second-order valence-corrected chi connectivity index (χ2v) is 6.66. The third kappa shape index (κ3) is 3.89. The van der Waals surface area contributed by atoms with Crippen LogP contribution in [-0.2, 0) is 9.47 Å². The van der Waals surface area contributed by atoms with E-state index in [-0.39, 0.29) is 12.6 Å². The van der Waals surface area contributed by atoms with Crippen molar-refractivity contribution in [3.63, 3.8) is 0 Å². The molecular weight excluding hydrogens is 362 g/mol. The number of halogens is 1. The molecule has 0 radical (unpaired) electrons. The van der Waals surface area contributed by atoms with Gasteiger partial charge in [-0.15, -0.1) is 11.3 Å². The summed E-state index contributed by atoms with van der Waals surface area (Å²) in [6, 6.07) is 7.34. The first-order valence-corrected chi connectivity index (χ1v) is 8.72. The van der Waals surface area contributed by atoms with Gasteiger partial charge in [-0.2, -0.15) is 0 Å². The summed E-state index contributed by atoms with van der Waals surface area (Å²) in [5.74, 6) is 0.239. The predicted molar refractivity (Wildman–Crippen MR) is 99.0 cm³/mol. The first kappa shape index (κ1) is 17.6. The van der Waals surface area contributed by atoms with Crippen molar-refractivity contribution >= 4 is 50.6 Å². The lowest BCUT2D eigenvalue weighted by molar-refractivity contribution is 0.0393. The Labute approximate surface area is 153 Å². The summed E-state index contributed by atoms with van der Waals surface area (Å²) in [7, 11) is 1.56. The average Bonchev–Trinajstić information content (AvgIpc) is 2.93. The van der Waals surface area contributed by atoms with Crippen molar-refractivity contribution in [3.05, 3.63) is 46.1 Å². The molecule has 6 nitrogen and oxygen atoms in total. The lowest BCUT2D eigenvalue weighted by Crippen LogP contribution is -2.09. The van der Waals surface area contributed by atoms with Gasteiger partial charge in [0.25, 0.3) is 0 Å². The van der Waals surface area contributed by atoms with Crippen molar-refractivity contribution in [1.29, 1.82) is 0 Å². The summed E-state index contributed by atoms with van der Waals surface area (Å²) in [5.41, 5.74) is 1.59. The minimum absolute atomic E-state index is 0.211. The number of nitrogens with one attached hydrogen (secondary N) is 1. The van der Waals surface area contributed by atoms with Crippen LogP contribution in [0.25, 0.3) is 10.2 Å². The highest BCUT2D eigenvalue weighted by Crippen LogP contribution is 2.35. The molecule has 8 heteroatoms. The molecule has 0 aliphatic rings. The Kier molecular flexibility index (Phi) is 5.47. The molecule has 2 heterocycles. The fourth-order valence-corrected chi connectivity index (χ4v) is 3.58. The molecule has 0 saturated heterocycles. The maximum atomic E-state index is 12.3. The van der Waals surface area contributed by atoms with E-state index in [4.69, 9.17) is 21.1 Å². The number of carbonyl (C=O) groups is 1. The molecule has 0 unspecified atom stereocenters. The van der Waals surface area contributed by atoms with E-state index >= 15 is 0 Å². The molecule has 2 aromatic heterocycles. The second kappa shape index (κ2) is 7.77. The Hall–Kier alpha value is -2.22. The van der Waals surface area contributed by atoms with Gasteiger partial charge in [-0.25, -0.2) is 14.8 Å². The molecule has 1 N–H and O–H groups in total. The summed E-state index contributed by atoms with van der Waals surface area (Å²) in [4.78, 5) is 22.1. The molecule has 0 spiro atoms. The minimum Gasteiger partial charge on any atom is -0.459 e. The molecule has 0 aliphatic carbocycles. The van der Waals surface area contributed by atoms with Gasteiger partial charge in [0.2, 0.25) is 0 Å². The number of rotatable bonds is 6. The molecule has 0 amide bonds. The molecule has 3 aromatic rings. The SMILES string of the molecule is COCCOC(=O)c1sc2ncnc(Nc3cccc(Cl)c3)c2c1C. The zero-order chi connectivity index (χ0) is 17.8. The maximum Gasteiger partial charge on any atom is 0.348 e. The van der Waals surface area contributed by atoms with E-state index in [1.807, 2.05) is 19.1 Å². The summed E-state index contributed by atoms with van der Waals surface area (Å²) < 4.78 is 10.1. The maximum absolute atomic E-state index is 12.3. The molecule has 130 valence electrons. The monoisotopic (exact) mass is 377 g/mol. The fraction of sp³-hybridized carbons (Fsp3) is 0.235. The smallest absolute Gasteiger partial charge is 0.348 e. The lowest BCUT2D eigenvalue weighted by atomic mass is 10.2. The summed E-state index contributed by atoms with van der Waals surface area (Å²) >= 11 is 7.31. The van der Waals surface area contributed by atoms with Crippen LogP contribution in [0.2, 0.25) is 5.02 Å². The van der Waals surface area contributed by atoms with Crippen molar-refractivity contribution in [3.8, 4) is 0 Å². The quantitative estimate of drug-likeness (QED) is 0.512. The van der Waals surface area contributed by atoms with Crippen molar-refractivity contribution in [2.75, 3.05) is 25.6 Å². The number of aromatic nitrogens is 2. The van der Waals surface area contributed by atoms with Gasteiger partial charge in [-0.1, -0.05) is 17.7 Å². The highest BCUT2D eigenvalue weighted by molar-refractivity contribution is 7.20. The fourth-order valence-electron chi connectivity index (χ4n) is 2.35. The normalized spacial score (nSPS) is 10.8. The molecule has 0 atom stereocenters. The van der Waals surface area contributed by atoms with Crippen molar-refractivity contribution < 1.29 is 14.3 Å². The van der Waals surface area contributed by atoms with E-state index in [1.165, 1.54) is 17.7 Å². The van der Waals surface area contributed by atoms with Gasteiger partial charge in [0.15, 0.2) is 0 Å². The molecular formula is C17H16ClN3O3S. The van der Waals surface area contributed by atoms with Gasteiger partial charge in [-0.3, -0.25) is 0 Å². The second-order valence-electron chi connectivity index (χ2n) is 5.22. The number of anilines is 2.